The molecule has 0 bridgehead atoms. The van der Waals surface area contributed by atoms with Crippen LogP contribution in [-0.4, -0.2) is 82.3 Å². The molecule has 4 aromatic rings. The van der Waals surface area contributed by atoms with Crippen molar-refractivity contribution in [3.63, 3.8) is 0 Å². The summed E-state index contributed by atoms with van der Waals surface area (Å²) in [7, 11) is 2.12. The van der Waals surface area contributed by atoms with E-state index in [2.05, 4.69) is 60.5 Å². The van der Waals surface area contributed by atoms with E-state index in [0.717, 1.165) is 63.9 Å². The molecule has 7 rings (SSSR count). The smallest absolute Gasteiger partial charge is 0.471 e. The number of rotatable bonds is 6. The molecular weight excluding hydrogens is 685 g/mol. The van der Waals surface area contributed by atoms with Gasteiger partial charge in [-0.15, -0.1) is 10.2 Å². The minimum atomic E-state index is -4.89. The predicted molar refractivity (Wildman–Crippen MR) is 196 cm³/mol. The van der Waals surface area contributed by atoms with Crippen molar-refractivity contribution in [2.24, 2.45) is 0 Å². The van der Waals surface area contributed by atoms with Crippen LogP contribution in [0.1, 0.15) is 88.0 Å². The highest BCUT2D eigenvalue weighted by Gasteiger charge is 2.43. The summed E-state index contributed by atoms with van der Waals surface area (Å²) in [4.78, 5) is 30.5. The number of carbonyl (C=O) groups is 2. The second-order valence-corrected chi connectivity index (χ2v) is 15.7. The quantitative estimate of drug-likeness (QED) is 0.221. The zero-order valence-electron chi connectivity index (χ0n) is 30.8. The van der Waals surface area contributed by atoms with Crippen molar-refractivity contribution in [2.75, 3.05) is 50.0 Å². The number of urea groups is 1. The molecule has 11 nitrogen and oxygen atoms in total. The van der Waals surface area contributed by atoms with Crippen LogP contribution in [0.5, 0.6) is 5.75 Å². The number of benzene rings is 2. The van der Waals surface area contributed by atoms with Crippen LogP contribution in [-0.2, 0) is 15.7 Å². The molecule has 0 unspecified atom stereocenters. The van der Waals surface area contributed by atoms with E-state index in [9.17, 15) is 22.8 Å². The van der Waals surface area contributed by atoms with E-state index in [-0.39, 0.29) is 55.3 Å². The average molecular weight is 733 g/mol. The van der Waals surface area contributed by atoms with Gasteiger partial charge < -0.3 is 25.2 Å². The standard InChI is InChI=1S/C39H47F3N8O3/c1-37(2,3)25-21-26(23-27(22-25)48-17-19-49(20-18-48)35(51)39(40,41)42)43-36(52)44-31-12-13-32(30-10-7-6-9-29(30)31)53-28-11-14-33-45-46-34(50(33)24-28)38(4)15-8-16-47(38)5/h6-7,9-11,14,21-24,31-32H,8,12-13,15-20H2,1-5H3,(H2,43,44,52)/t31-,32+,38-/m0/s1. The fourth-order valence-electron chi connectivity index (χ4n) is 7.85. The van der Waals surface area contributed by atoms with Crippen molar-refractivity contribution >= 4 is 29.0 Å². The van der Waals surface area contributed by atoms with Gasteiger partial charge in [-0.3, -0.25) is 14.1 Å². The minimum Gasteiger partial charge on any atom is -0.484 e. The fourth-order valence-corrected chi connectivity index (χ4v) is 7.85. The SMILES string of the molecule is CN1CCC[C@@]1(C)c1nnc2ccc(O[C@@H]3CC[C@H](NC(=O)Nc4cc(N5CCN(C(=O)C(F)(F)F)CC5)cc(C(C)(C)C)c4)c4ccccc43)cn12. The maximum Gasteiger partial charge on any atom is 0.471 e. The molecule has 1 aliphatic carbocycles. The summed E-state index contributed by atoms with van der Waals surface area (Å²) in [5.74, 6) is -0.196. The van der Waals surface area contributed by atoms with Crippen LogP contribution in [0.25, 0.3) is 5.65 Å². The number of amides is 3. The fraction of sp³-hybridized carbons (Fsp3) is 0.487. The topological polar surface area (TPSA) is 107 Å². The Kier molecular flexibility index (Phi) is 9.54. The Bertz CT molecular complexity index is 2000. The predicted octanol–water partition coefficient (Wildman–Crippen LogP) is 6.96. The van der Waals surface area contributed by atoms with E-state index < -0.39 is 12.1 Å². The van der Waals surface area contributed by atoms with Crippen molar-refractivity contribution in [1.82, 2.24) is 29.7 Å². The maximum absolute atomic E-state index is 13.6. The van der Waals surface area contributed by atoms with Gasteiger partial charge in [-0.25, -0.2) is 4.79 Å². The van der Waals surface area contributed by atoms with E-state index in [4.69, 9.17) is 4.74 Å². The van der Waals surface area contributed by atoms with E-state index in [1.54, 1.807) is 0 Å². The lowest BCUT2D eigenvalue weighted by Gasteiger charge is -2.37. The number of nitrogens with one attached hydrogen (secondary N) is 2. The number of halogens is 3. The summed E-state index contributed by atoms with van der Waals surface area (Å²) in [6.07, 6.45) is 0.318. The number of nitrogens with zero attached hydrogens (tertiary/aromatic N) is 6. The first kappa shape index (κ1) is 36.5. The summed E-state index contributed by atoms with van der Waals surface area (Å²) in [6, 6.07) is 17.0. The number of piperazine rings is 1. The highest BCUT2D eigenvalue weighted by molar-refractivity contribution is 5.90. The van der Waals surface area contributed by atoms with Gasteiger partial charge in [0.2, 0.25) is 0 Å². The Balaban J connectivity index is 1.05. The second-order valence-electron chi connectivity index (χ2n) is 15.7. The van der Waals surface area contributed by atoms with Crippen molar-refractivity contribution < 1.29 is 27.5 Å². The molecule has 0 radical (unpaired) electrons. The van der Waals surface area contributed by atoms with Crippen molar-refractivity contribution in [3.8, 4) is 5.75 Å². The number of likely N-dealkylation sites (tertiary alicyclic amines) is 1. The molecule has 0 spiro atoms. The largest absolute Gasteiger partial charge is 0.484 e. The lowest BCUT2D eigenvalue weighted by molar-refractivity contribution is -0.185. The highest BCUT2D eigenvalue weighted by Crippen LogP contribution is 2.40. The number of ether oxygens (including phenoxy) is 1. The van der Waals surface area contributed by atoms with Gasteiger partial charge in [0.1, 0.15) is 11.9 Å². The van der Waals surface area contributed by atoms with Crippen molar-refractivity contribution in [1.29, 1.82) is 0 Å². The third kappa shape index (κ3) is 7.38. The Morgan fingerprint density at radius 3 is 2.34 bits per heavy atom. The van der Waals surface area contributed by atoms with Crippen LogP contribution < -0.4 is 20.3 Å². The minimum absolute atomic E-state index is 0.0411. The molecule has 14 heteroatoms. The van der Waals surface area contributed by atoms with E-state index in [1.165, 1.54) is 0 Å². The Morgan fingerprint density at radius 2 is 1.66 bits per heavy atom. The molecule has 282 valence electrons. The molecule has 53 heavy (non-hydrogen) atoms. The Labute approximate surface area is 307 Å². The zero-order chi connectivity index (χ0) is 37.7. The van der Waals surface area contributed by atoms with Gasteiger partial charge in [0.15, 0.2) is 11.5 Å². The zero-order valence-corrected chi connectivity index (χ0v) is 30.8. The molecule has 2 fully saturated rings. The molecular formula is C39H47F3N8O3. The molecule has 2 N–H and O–H groups in total. The van der Waals surface area contributed by atoms with Gasteiger partial charge in [-0.2, -0.15) is 13.2 Å². The van der Waals surface area contributed by atoms with Crippen LogP contribution in [0.4, 0.5) is 29.3 Å². The summed E-state index contributed by atoms with van der Waals surface area (Å²) < 4.78 is 47.7. The number of anilines is 2. The second kappa shape index (κ2) is 13.9. The first-order chi connectivity index (χ1) is 25.1. The summed E-state index contributed by atoms with van der Waals surface area (Å²) >= 11 is 0. The van der Waals surface area contributed by atoms with Crippen LogP contribution in [0.2, 0.25) is 0 Å². The summed E-state index contributed by atoms with van der Waals surface area (Å²) in [6.45, 7) is 9.81. The van der Waals surface area contributed by atoms with E-state index >= 15 is 0 Å². The number of alkyl halides is 3. The molecule has 3 amide bonds. The number of aromatic nitrogens is 3. The Hall–Kier alpha value is -4.85. The number of hydrogen-bond acceptors (Lipinski definition) is 7. The van der Waals surface area contributed by atoms with Crippen LogP contribution >= 0.6 is 0 Å². The van der Waals surface area contributed by atoms with Gasteiger partial charge in [0.05, 0.1) is 17.8 Å². The first-order valence-electron chi connectivity index (χ1n) is 18.3. The molecule has 3 atom stereocenters. The van der Waals surface area contributed by atoms with E-state index in [1.807, 2.05) is 70.1 Å². The van der Waals surface area contributed by atoms with Gasteiger partial charge in [-0.1, -0.05) is 45.0 Å². The van der Waals surface area contributed by atoms with Gasteiger partial charge >= 0.3 is 18.1 Å². The lowest BCUT2D eigenvalue weighted by atomic mass is 9.85. The van der Waals surface area contributed by atoms with Crippen LogP contribution in [0.15, 0.2) is 60.8 Å². The van der Waals surface area contributed by atoms with Crippen LogP contribution in [0, 0.1) is 0 Å². The molecule has 2 aliphatic heterocycles. The number of carbonyl (C=O) groups excluding carboxylic acids is 2. The third-order valence-corrected chi connectivity index (χ3v) is 11.1. The average Bonchev–Trinajstić information content (AvgIpc) is 3.70. The Morgan fingerprint density at radius 1 is 0.925 bits per heavy atom. The first-order valence-corrected chi connectivity index (χ1v) is 18.3. The van der Waals surface area contributed by atoms with Gasteiger partial charge in [-0.05, 0) is 98.6 Å². The third-order valence-electron chi connectivity index (χ3n) is 11.1. The molecule has 2 aromatic carbocycles. The lowest BCUT2D eigenvalue weighted by Crippen LogP contribution is -2.52. The number of hydrogen-bond donors (Lipinski definition) is 2. The molecule has 4 heterocycles. The molecule has 2 saturated heterocycles. The molecule has 2 aromatic heterocycles. The summed E-state index contributed by atoms with van der Waals surface area (Å²) in [5.41, 5.74) is 4.61. The summed E-state index contributed by atoms with van der Waals surface area (Å²) in [5, 5.41) is 15.2. The van der Waals surface area contributed by atoms with Crippen molar-refractivity contribution in [3.05, 3.63) is 83.3 Å². The monoisotopic (exact) mass is 732 g/mol. The molecule has 3 aliphatic rings. The van der Waals surface area contributed by atoms with Gasteiger partial charge in [0, 0.05) is 37.6 Å². The highest BCUT2D eigenvalue weighted by atomic mass is 19.4. The number of pyridine rings is 1. The molecule has 0 saturated carbocycles. The van der Waals surface area contributed by atoms with Crippen molar-refractivity contribution in [2.45, 2.75) is 82.7 Å². The number of fused-ring (bicyclic) bond motifs is 2. The van der Waals surface area contributed by atoms with E-state index in [0.29, 0.717) is 18.5 Å². The van der Waals surface area contributed by atoms with Crippen LogP contribution in [0.3, 0.4) is 0 Å². The normalized spacial score (nSPS) is 22.5. The van der Waals surface area contributed by atoms with Gasteiger partial charge in [0.25, 0.3) is 0 Å². The maximum atomic E-state index is 13.6.